The quantitative estimate of drug-likeness (QED) is 0.586. The molecule has 2 aliphatic rings. The van der Waals surface area contributed by atoms with Gasteiger partial charge in [-0.05, 0) is 71.0 Å². The third kappa shape index (κ3) is 6.49. The van der Waals surface area contributed by atoms with Crippen LogP contribution in [0, 0.1) is 0 Å². The van der Waals surface area contributed by atoms with Crippen molar-refractivity contribution in [3.05, 3.63) is 35.4 Å². The molecule has 5 nitrogen and oxygen atoms in total. The Morgan fingerprint density at radius 1 is 1.07 bits per heavy atom. The summed E-state index contributed by atoms with van der Waals surface area (Å²) >= 11 is 5.05. The molecule has 29 heavy (non-hydrogen) atoms. The molecular formula is C23H35N3O2S. The van der Waals surface area contributed by atoms with Crippen molar-refractivity contribution in [3.8, 4) is 0 Å². The molecule has 2 aliphatic heterocycles. The Kier molecular flexibility index (Phi) is 7.30. The zero-order valence-electron chi connectivity index (χ0n) is 18.0. The number of ether oxygens (including phenoxy) is 1. The summed E-state index contributed by atoms with van der Waals surface area (Å²) in [5.74, 6) is 0.511. The van der Waals surface area contributed by atoms with Crippen molar-refractivity contribution in [1.82, 2.24) is 9.80 Å². The largest absolute Gasteiger partial charge is 0.459 e. The van der Waals surface area contributed by atoms with Gasteiger partial charge in [-0.2, -0.15) is 0 Å². The summed E-state index contributed by atoms with van der Waals surface area (Å²) in [4.78, 5) is 17.4. The highest BCUT2D eigenvalue weighted by Gasteiger charge is 2.29. The van der Waals surface area contributed by atoms with Crippen molar-refractivity contribution in [1.29, 1.82) is 0 Å². The third-order valence-corrected chi connectivity index (χ3v) is 6.28. The Bertz CT molecular complexity index is 698. The SMILES string of the molecule is CC(C)(C)OC(=O)CN1CCC(N2CCC(c3ccc(C(N)=S)cc3)CC2)CC1. The second kappa shape index (κ2) is 9.54. The van der Waals surface area contributed by atoms with E-state index in [1.54, 1.807) is 0 Å². The molecule has 3 rings (SSSR count). The first-order valence-corrected chi connectivity index (χ1v) is 11.2. The average Bonchev–Trinajstić information content (AvgIpc) is 2.67. The fourth-order valence-corrected chi connectivity index (χ4v) is 4.65. The van der Waals surface area contributed by atoms with Crippen LogP contribution in [-0.2, 0) is 9.53 Å². The van der Waals surface area contributed by atoms with Crippen LogP contribution in [0.15, 0.2) is 24.3 Å². The van der Waals surface area contributed by atoms with Crippen molar-refractivity contribution in [3.63, 3.8) is 0 Å². The summed E-state index contributed by atoms with van der Waals surface area (Å²) in [7, 11) is 0. The predicted octanol–water partition coefficient (Wildman–Crippen LogP) is 3.31. The van der Waals surface area contributed by atoms with Crippen molar-refractivity contribution < 1.29 is 9.53 Å². The van der Waals surface area contributed by atoms with Crippen LogP contribution in [0.2, 0.25) is 0 Å². The summed E-state index contributed by atoms with van der Waals surface area (Å²) in [6.07, 6.45) is 4.67. The molecule has 0 radical (unpaired) electrons. The van der Waals surface area contributed by atoms with Crippen LogP contribution in [0.25, 0.3) is 0 Å². The number of thiocarbonyl (C=S) groups is 1. The fourth-order valence-electron chi connectivity index (χ4n) is 4.52. The first-order valence-electron chi connectivity index (χ1n) is 10.8. The zero-order chi connectivity index (χ0) is 21.0. The molecule has 0 saturated carbocycles. The molecule has 1 aromatic carbocycles. The smallest absolute Gasteiger partial charge is 0.320 e. The van der Waals surface area contributed by atoms with Gasteiger partial charge in [0.2, 0.25) is 0 Å². The first-order chi connectivity index (χ1) is 13.7. The number of esters is 1. The standard InChI is InChI=1S/C23H35N3O2S/c1-23(2,3)28-21(27)16-25-12-10-20(11-13-25)26-14-8-18(9-15-26)17-4-6-19(7-5-17)22(24)29/h4-7,18,20H,8-16H2,1-3H3,(H2,24,29). The average molecular weight is 418 g/mol. The van der Waals surface area contributed by atoms with E-state index in [0.717, 1.165) is 44.6 Å². The number of piperidine rings is 2. The van der Waals surface area contributed by atoms with Gasteiger partial charge in [0.1, 0.15) is 10.6 Å². The lowest BCUT2D eigenvalue weighted by Crippen LogP contribution is -2.48. The molecule has 0 atom stereocenters. The number of carbonyl (C=O) groups is 1. The van der Waals surface area contributed by atoms with Gasteiger partial charge in [0.25, 0.3) is 0 Å². The highest BCUT2D eigenvalue weighted by molar-refractivity contribution is 7.80. The van der Waals surface area contributed by atoms with Crippen molar-refractivity contribution in [2.75, 3.05) is 32.7 Å². The molecule has 0 amide bonds. The number of nitrogens with zero attached hydrogens (tertiary/aromatic N) is 2. The second-order valence-electron chi connectivity index (χ2n) is 9.39. The summed E-state index contributed by atoms with van der Waals surface area (Å²) in [6.45, 7) is 10.4. The lowest BCUT2D eigenvalue weighted by molar-refractivity contribution is -0.156. The number of hydrogen-bond acceptors (Lipinski definition) is 5. The van der Waals surface area contributed by atoms with Gasteiger partial charge in [-0.3, -0.25) is 9.69 Å². The normalized spacial score (nSPS) is 20.5. The number of benzene rings is 1. The first kappa shape index (κ1) is 22.2. The van der Waals surface area contributed by atoms with E-state index in [2.05, 4.69) is 21.9 Å². The Hall–Kier alpha value is -1.50. The molecule has 2 fully saturated rings. The third-order valence-electron chi connectivity index (χ3n) is 6.04. The molecule has 2 N–H and O–H groups in total. The summed E-state index contributed by atoms with van der Waals surface area (Å²) in [5.41, 5.74) is 7.64. The van der Waals surface area contributed by atoms with Crippen molar-refractivity contribution in [2.24, 2.45) is 5.73 Å². The van der Waals surface area contributed by atoms with Gasteiger partial charge >= 0.3 is 5.97 Å². The van der Waals surface area contributed by atoms with Crippen LogP contribution < -0.4 is 5.73 Å². The number of likely N-dealkylation sites (tertiary alicyclic amines) is 2. The molecular weight excluding hydrogens is 382 g/mol. The van der Waals surface area contributed by atoms with E-state index in [1.807, 2.05) is 32.9 Å². The Morgan fingerprint density at radius 3 is 2.17 bits per heavy atom. The Morgan fingerprint density at radius 2 is 1.66 bits per heavy atom. The molecule has 0 aliphatic carbocycles. The van der Waals surface area contributed by atoms with Crippen LogP contribution in [-0.4, -0.2) is 65.1 Å². The lowest BCUT2D eigenvalue weighted by Gasteiger charge is -2.41. The van der Waals surface area contributed by atoms with E-state index in [1.165, 1.54) is 18.4 Å². The van der Waals surface area contributed by atoms with Crippen LogP contribution in [0.3, 0.4) is 0 Å². The van der Waals surface area contributed by atoms with Gasteiger partial charge in [0.05, 0.1) is 6.54 Å². The molecule has 0 bridgehead atoms. The minimum Gasteiger partial charge on any atom is -0.459 e. The molecule has 2 heterocycles. The molecule has 1 aromatic rings. The number of carbonyl (C=O) groups excluding carboxylic acids is 1. The number of rotatable bonds is 5. The summed E-state index contributed by atoms with van der Waals surface area (Å²) in [6, 6.07) is 9.10. The summed E-state index contributed by atoms with van der Waals surface area (Å²) in [5, 5.41) is 0. The van der Waals surface area contributed by atoms with E-state index in [9.17, 15) is 4.79 Å². The van der Waals surface area contributed by atoms with Gasteiger partial charge in [0.15, 0.2) is 0 Å². The van der Waals surface area contributed by atoms with E-state index in [4.69, 9.17) is 22.7 Å². The molecule has 6 heteroatoms. The van der Waals surface area contributed by atoms with E-state index >= 15 is 0 Å². The molecule has 0 aromatic heterocycles. The van der Waals surface area contributed by atoms with Gasteiger partial charge in [-0.15, -0.1) is 0 Å². The van der Waals surface area contributed by atoms with E-state index in [-0.39, 0.29) is 5.97 Å². The maximum Gasteiger partial charge on any atom is 0.320 e. The Balaban J connectivity index is 1.42. The Labute approximate surface area is 180 Å². The molecule has 2 saturated heterocycles. The zero-order valence-corrected chi connectivity index (χ0v) is 18.8. The highest BCUT2D eigenvalue weighted by atomic mass is 32.1. The second-order valence-corrected chi connectivity index (χ2v) is 9.83. The monoisotopic (exact) mass is 417 g/mol. The highest BCUT2D eigenvalue weighted by Crippen LogP contribution is 2.30. The van der Waals surface area contributed by atoms with Crippen LogP contribution in [0.1, 0.15) is 63.5 Å². The van der Waals surface area contributed by atoms with E-state index in [0.29, 0.717) is 23.5 Å². The van der Waals surface area contributed by atoms with Crippen LogP contribution >= 0.6 is 12.2 Å². The van der Waals surface area contributed by atoms with Crippen molar-refractivity contribution >= 4 is 23.2 Å². The topological polar surface area (TPSA) is 58.8 Å². The minimum absolute atomic E-state index is 0.113. The number of hydrogen-bond donors (Lipinski definition) is 1. The van der Waals surface area contributed by atoms with Gasteiger partial charge in [-0.1, -0.05) is 36.5 Å². The van der Waals surface area contributed by atoms with Crippen LogP contribution in [0.4, 0.5) is 0 Å². The van der Waals surface area contributed by atoms with Crippen LogP contribution in [0.5, 0.6) is 0 Å². The fraction of sp³-hybridized carbons (Fsp3) is 0.652. The molecule has 0 unspecified atom stereocenters. The number of nitrogens with two attached hydrogens (primary N) is 1. The van der Waals surface area contributed by atoms with Crippen molar-refractivity contribution in [2.45, 2.75) is 64.0 Å². The maximum atomic E-state index is 12.1. The van der Waals surface area contributed by atoms with Gasteiger partial charge < -0.3 is 15.4 Å². The minimum atomic E-state index is -0.406. The van der Waals surface area contributed by atoms with Gasteiger partial charge in [0, 0.05) is 24.7 Å². The molecule has 160 valence electrons. The van der Waals surface area contributed by atoms with E-state index < -0.39 is 5.60 Å². The predicted molar refractivity (Wildman–Crippen MR) is 121 cm³/mol. The lowest BCUT2D eigenvalue weighted by atomic mass is 9.87. The summed E-state index contributed by atoms with van der Waals surface area (Å²) < 4.78 is 5.45. The molecule has 0 spiro atoms. The van der Waals surface area contributed by atoms with Gasteiger partial charge in [-0.25, -0.2) is 0 Å². The maximum absolute atomic E-state index is 12.1.